The van der Waals surface area contributed by atoms with Crippen molar-refractivity contribution in [2.24, 2.45) is 0 Å². The highest BCUT2D eigenvalue weighted by atomic mass is 16.5. The van der Waals surface area contributed by atoms with Gasteiger partial charge in [-0.25, -0.2) is 19.6 Å². The molecule has 2 rings (SSSR count). The van der Waals surface area contributed by atoms with Gasteiger partial charge in [0, 0.05) is 31.3 Å². The number of rotatable bonds is 7. The summed E-state index contributed by atoms with van der Waals surface area (Å²) in [5.74, 6) is -1.99. The topological polar surface area (TPSA) is 156 Å². The number of ether oxygens (including phenoxy) is 1. The molecule has 11 nitrogen and oxygen atoms in total. The number of aromatic nitrogens is 4. The van der Waals surface area contributed by atoms with Crippen molar-refractivity contribution in [3.05, 3.63) is 45.8 Å². The molecule has 0 spiro atoms. The van der Waals surface area contributed by atoms with E-state index in [4.69, 9.17) is 0 Å². The standard InChI is InChI=1S/C14H15N5O6/c1-25-6-11(20)17-10(13(22)23)5-19-4-9(12(21)18-14(19)24)8-2-15-7-16-3-8/h2-4,7,10H,5-6H2,1H3,(H,17,20)(H,22,23)(H,18,21,24)/t10-/m0/s1. The quantitative estimate of drug-likeness (QED) is 0.529. The first-order chi connectivity index (χ1) is 11.9. The maximum absolute atomic E-state index is 11.9. The van der Waals surface area contributed by atoms with E-state index in [9.17, 15) is 24.3 Å². The van der Waals surface area contributed by atoms with Gasteiger partial charge >= 0.3 is 11.7 Å². The van der Waals surface area contributed by atoms with E-state index in [1.807, 2.05) is 0 Å². The number of H-pyrrole nitrogens is 1. The molecule has 2 aromatic rings. The second kappa shape index (κ2) is 7.97. The predicted octanol–water partition coefficient (Wildman–Crippen LogP) is -1.79. The van der Waals surface area contributed by atoms with Gasteiger partial charge in [-0.3, -0.25) is 19.1 Å². The Morgan fingerprint density at radius 2 is 2.04 bits per heavy atom. The molecule has 0 aliphatic carbocycles. The van der Waals surface area contributed by atoms with Crippen LogP contribution in [0.2, 0.25) is 0 Å². The van der Waals surface area contributed by atoms with Crippen LogP contribution < -0.4 is 16.6 Å². The van der Waals surface area contributed by atoms with E-state index in [0.29, 0.717) is 5.56 Å². The number of methoxy groups -OCH3 is 1. The van der Waals surface area contributed by atoms with Gasteiger partial charge in [0.1, 0.15) is 19.0 Å². The largest absolute Gasteiger partial charge is 0.480 e. The number of amides is 1. The first-order valence-corrected chi connectivity index (χ1v) is 7.02. The summed E-state index contributed by atoms with van der Waals surface area (Å²) in [5, 5.41) is 11.4. The van der Waals surface area contributed by atoms with Crippen LogP contribution in [0.4, 0.5) is 0 Å². The number of aliphatic carboxylic acids is 1. The minimum Gasteiger partial charge on any atom is -0.480 e. The molecule has 0 saturated heterocycles. The summed E-state index contributed by atoms with van der Waals surface area (Å²) >= 11 is 0. The van der Waals surface area contributed by atoms with Crippen molar-refractivity contribution in [3.63, 3.8) is 0 Å². The lowest BCUT2D eigenvalue weighted by Gasteiger charge is -2.16. The number of nitrogens with zero attached hydrogens (tertiary/aromatic N) is 3. The monoisotopic (exact) mass is 349 g/mol. The summed E-state index contributed by atoms with van der Waals surface area (Å²) in [6.45, 7) is -0.710. The van der Waals surface area contributed by atoms with Gasteiger partial charge in [0.05, 0.1) is 12.1 Å². The molecule has 2 heterocycles. The Morgan fingerprint density at radius 1 is 1.36 bits per heavy atom. The van der Waals surface area contributed by atoms with Crippen LogP contribution in [0.25, 0.3) is 11.1 Å². The molecule has 1 amide bonds. The van der Waals surface area contributed by atoms with Gasteiger partial charge in [0.15, 0.2) is 0 Å². The average Bonchev–Trinajstić information content (AvgIpc) is 2.57. The molecule has 0 aromatic carbocycles. The van der Waals surface area contributed by atoms with Crippen molar-refractivity contribution in [1.82, 2.24) is 24.8 Å². The number of nitrogens with one attached hydrogen (secondary N) is 2. The molecule has 132 valence electrons. The van der Waals surface area contributed by atoms with Crippen LogP contribution in [-0.2, 0) is 20.9 Å². The van der Waals surface area contributed by atoms with Crippen molar-refractivity contribution < 1.29 is 19.4 Å². The Kier molecular flexibility index (Phi) is 5.74. The van der Waals surface area contributed by atoms with Gasteiger partial charge in [-0.05, 0) is 0 Å². The fourth-order valence-electron chi connectivity index (χ4n) is 2.04. The Hall–Kier alpha value is -3.34. The van der Waals surface area contributed by atoms with Crippen molar-refractivity contribution >= 4 is 11.9 Å². The van der Waals surface area contributed by atoms with Crippen LogP contribution in [0, 0.1) is 0 Å². The summed E-state index contributed by atoms with van der Waals surface area (Å²) in [6.07, 6.45) is 5.22. The van der Waals surface area contributed by atoms with Gasteiger partial charge < -0.3 is 15.2 Å². The van der Waals surface area contributed by atoms with Crippen molar-refractivity contribution in [2.75, 3.05) is 13.7 Å². The minimum atomic E-state index is -1.38. The van der Waals surface area contributed by atoms with Gasteiger partial charge in [-0.15, -0.1) is 0 Å². The van der Waals surface area contributed by atoms with Crippen LogP contribution in [-0.4, -0.2) is 56.3 Å². The van der Waals surface area contributed by atoms with Crippen LogP contribution in [0.5, 0.6) is 0 Å². The molecule has 3 N–H and O–H groups in total. The second-order valence-electron chi connectivity index (χ2n) is 4.97. The molecular weight excluding hydrogens is 334 g/mol. The smallest absolute Gasteiger partial charge is 0.328 e. The Bertz CT molecular complexity index is 875. The van der Waals surface area contributed by atoms with Crippen LogP contribution in [0.3, 0.4) is 0 Å². The first-order valence-electron chi connectivity index (χ1n) is 7.02. The molecule has 1 atom stereocenters. The fraction of sp³-hybridized carbons (Fsp3) is 0.286. The van der Waals surface area contributed by atoms with Gasteiger partial charge in [0.2, 0.25) is 5.91 Å². The summed E-state index contributed by atoms with van der Waals surface area (Å²) in [4.78, 5) is 56.4. The summed E-state index contributed by atoms with van der Waals surface area (Å²) < 4.78 is 5.60. The lowest BCUT2D eigenvalue weighted by molar-refractivity contribution is -0.142. The summed E-state index contributed by atoms with van der Waals surface area (Å²) in [7, 11) is 1.29. The highest BCUT2D eigenvalue weighted by Gasteiger charge is 2.21. The summed E-state index contributed by atoms with van der Waals surface area (Å²) in [5.41, 5.74) is -1.02. The third-order valence-corrected chi connectivity index (χ3v) is 3.17. The molecule has 0 radical (unpaired) electrons. The molecule has 0 saturated carbocycles. The van der Waals surface area contributed by atoms with Gasteiger partial charge in [-0.2, -0.15) is 0 Å². The average molecular weight is 349 g/mol. The van der Waals surface area contributed by atoms with E-state index in [1.54, 1.807) is 0 Å². The van der Waals surface area contributed by atoms with Crippen LogP contribution in [0.1, 0.15) is 0 Å². The Labute approximate surface area is 140 Å². The number of aromatic amines is 1. The molecule has 0 aliphatic rings. The third kappa shape index (κ3) is 4.57. The zero-order chi connectivity index (χ0) is 18.4. The Morgan fingerprint density at radius 3 is 2.64 bits per heavy atom. The molecule has 0 aliphatic heterocycles. The van der Waals surface area contributed by atoms with E-state index >= 15 is 0 Å². The number of carbonyl (C=O) groups excluding carboxylic acids is 1. The van der Waals surface area contributed by atoms with Crippen LogP contribution in [0.15, 0.2) is 34.5 Å². The predicted molar refractivity (Wildman–Crippen MR) is 83.8 cm³/mol. The molecule has 2 aromatic heterocycles. The minimum absolute atomic E-state index is 0.0903. The maximum atomic E-state index is 11.9. The van der Waals surface area contributed by atoms with E-state index < -0.39 is 29.2 Å². The molecular formula is C14H15N5O6. The fourth-order valence-corrected chi connectivity index (χ4v) is 2.04. The Balaban J connectivity index is 2.34. The number of hydrogen-bond donors (Lipinski definition) is 3. The number of carboxylic acids is 1. The lowest BCUT2D eigenvalue weighted by Crippen LogP contribution is -2.47. The van der Waals surface area contributed by atoms with Gasteiger partial charge in [0.25, 0.3) is 5.56 Å². The van der Waals surface area contributed by atoms with Crippen molar-refractivity contribution in [3.8, 4) is 11.1 Å². The first kappa shape index (κ1) is 18.0. The SMILES string of the molecule is COCC(=O)N[C@@H](Cn1cc(-c2cncnc2)c(=O)[nH]c1=O)C(=O)O. The third-order valence-electron chi connectivity index (χ3n) is 3.17. The number of hydrogen-bond acceptors (Lipinski definition) is 7. The highest BCUT2D eigenvalue weighted by Crippen LogP contribution is 2.10. The molecule has 0 unspecified atom stereocenters. The van der Waals surface area contributed by atoms with Gasteiger partial charge in [-0.1, -0.05) is 0 Å². The van der Waals surface area contributed by atoms with Crippen LogP contribution >= 0.6 is 0 Å². The summed E-state index contributed by atoms with van der Waals surface area (Å²) in [6, 6.07) is -1.38. The van der Waals surface area contributed by atoms with E-state index in [2.05, 4.69) is 25.0 Å². The maximum Gasteiger partial charge on any atom is 0.328 e. The lowest BCUT2D eigenvalue weighted by atomic mass is 10.2. The van der Waals surface area contributed by atoms with E-state index in [0.717, 1.165) is 4.57 Å². The normalized spacial score (nSPS) is 11.7. The number of carboxylic acid groups (broad SMARTS) is 1. The molecule has 0 bridgehead atoms. The van der Waals surface area contributed by atoms with E-state index in [-0.39, 0.29) is 18.7 Å². The van der Waals surface area contributed by atoms with E-state index in [1.165, 1.54) is 32.0 Å². The zero-order valence-corrected chi connectivity index (χ0v) is 13.1. The molecule has 25 heavy (non-hydrogen) atoms. The second-order valence-corrected chi connectivity index (χ2v) is 4.97. The molecule has 11 heteroatoms. The highest BCUT2D eigenvalue weighted by molar-refractivity contribution is 5.84. The number of carbonyl (C=O) groups is 2. The molecule has 0 fully saturated rings. The zero-order valence-electron chi connectivity index (χ0n) is 13.1. The van der Waals surface area contributed by atoms with Crippen molar-refractivity contribution in [1.29, 1.82) is 0 Å². The van der Waals surface area contributed by atoms with Crippen molar-refractivity contribution in [2.45, 2.75) is 12.6 Å².